The van der Waals surface area contributed by atoms with E-state index in [1.807, 2.05) is 32.9 Å². The summed E-state index contributed by atoms with van der Waals surface area (Å²) in [5, 5.41) is 3.05. The zero-order chi connectivity index (χ0) is 15.5. The third kappa shape index (κ3) is 3.81. The predicted molar refractivity (Wildman–Crippen MR) is 86.2 cm³/mol. The van der Waals surface area contributed by atoms with Crippen molar-refractivity contribution in [1.82, 2.24) is 9.71 Å². The van der Waals surface area contributed by atoms with Crippen LogP contribution < -0.4 is 10.0 Å². The van der Waals surface area contributed by atoms with Crippen LogP contribution in [0.3, 0.4) is 0 Å². The van der Waals surface area contributed by atoms with E-state index >= 15 is 0 Å². The zero-order valence-electron chi connectivity index (χ0n) is 12.3. The number of thiophene rings is 1. The smallest absolute Gasteiger partial charge is 0.260 e. The minimum Gasteiger partial charge on any atom is -0.383 e. The van der Waals surface area contributed by atoms with Gasteiger partial charge in [0, 0.05) is 22.5 Å². The second-order valence-electron chi connectivity index (χ2n) is 4.68. The van der Waals surface area contributed by atoms with E-state index in [-0.39, 0.29) is 11.1 Å². The molecular formula is C14H19N3O2S2. The Morgan fingerprint density at radius 1 is 1.33 bits per heavy atom. The van der Waals surface area contributed by atoms with E-state index in [1.165, 1.54) is 6.20 Å². The lowest BCUT2D eigenvalue weighted by atomic mass is 10.3. The van der Waals surface area contributed by atoms with Crippen molar-refractivity contribution in [2.45, 2.75) is 31.8 Å². The molecule has 0 aliphatic carbocycles. The number of nitrogens with zero attached hydrogens (tertiary/aromatic N) is 1. The number of hydrogen-bond acceptors (Lipinski definition) is 5. The summed E-state index contributed by atoms with van der Waals surface area (Å²) < 4.78 is 27.7. The van der Waals surface area contributed by atoms with Gasteiger partial charge in [0.1, 0.15) is 0 Å². The molecule has 114 valence electrons. The first-order valence-corrected chi connectivity index (χ1v) is 9.01. The maximum Gasteiger partial charge on any atom is 0.260 e. The lowest BCUT2D eigenvalue weighted by Crippen LogP contribution is -2.28. The van der Waals surface area contributed by atoms with Crippen molar-refractivity contribution in [2.24, 2.45) is 0 Å². The van der Waals surface area contributed by atoms with Crippen LogP contribution in [0.1, 0.15) is 29.6 Å². The van der Waals surface area contributed by atoms with Gasteiger partial charge in [-0.1, -0.05) is 0 Å². The van der Waals surface area contributed by atoms with Crippen molar-refractivity contribution >= 4 is 27.0 Å². The fourth-order valence-electron chi connectivity index (χ4n) is 1.96. The standard InChI is InChI=1S/C14H19N3O2S2/c1-4-15-12-6-5-9-16-14(12)21(18,19)17-11(3)13-8-7-10(2)20-13/h5-9,11,15,17H,4H2,1-3H3. The molecule has 5 nitrogen and oxygen atoms in total. The fraction of sp³-hybridized carbons (Fsp3) is 0.357. The van der Waals surface area contributed by atoms with Crippen LogP contribution >= 0.6 is 11.3 Å². The molecular weight excluding hydrogens is 306 g/mol. The van der Waals surface area contributed by atoms with Crippen LogP contribution in [0, 0.1) is 6.92 Å². The summed E-state index contributed by atoms with van der Waals surface area (Å²) in [4.78, 5) is 6.15. The number of aryl methyl sites for hydroxylation is 1. The first-order chi connectivity index (χ1) is 9.94. The topological polar surface area (TPSA) is 71.1 Å². The average Bonchev–Trinajstić information content (AvgIpc) is 2.86. The lowest BCUT2D eigenvalue weighted by Gasteiger charge is -2.15. The number of aromatic nitrogens is 1. The Hall–Kier alpha value is -1.44. The van der Waals surface area contributed by atoms with E-state index in [9.17, 15) is 8.42 Å². The van der Waals surface area contributed by atoms with E-state index in [1.54, 1.807) is 23.5 Å². The number of nitrogens with one attached hydrogen (secondary N) is 2. The highest BCUT2D eigenvalue weighted by Gasteiger charge is 2.23. The van der Waals surface area contributed by atoms with Gasteiger partial charge in [0.15, 0.2) is 5.03 Å². The van der Waals surface area contributed by atoms with Gasteiger partial charge in [-0.25, -0.2) is 18.1 Å². The molecule has 2 rings (SSSR count). The quantitative estimate of drug-likeness (QED) is 0.856. The summed E-state index contributed by atoms with van der Waals surface area (Å²) in [6, 6.07) is 7.06. The van der Waals surface area contributed by atoms with E-state index in [2.05, 4.69) is 15.0 Å². The third-order valence-electron chi connectivity index (χ3n) is 2.91. The fourth-order valence-corrected chi connectivity index (χ4v) is 4.25. The molecule has 0 fully saturated rings. The maximum atomic E-state index is 12.5. The summed E-state index contributed by atoms with van der Waals surface area (Å²) in [6.45, 7) is 6.37. The molecule has 2 N–H and O–H groups in total. The van der Waals surface area contributed by atoms with Crippen molar-refractivity contribution in [3.8, 4) is 0 Å². The summed E-state index contributed by atoms with van der Waals surface area (Å²) >= 11 is 1.58. The maximum absolute atomic E-state index is 12.5. The summed E-state index contributed by atoms with van der Waals surface area (Å²) in [5.74, 6) is 0. The number of pyridine rings is 1. The minimum atomic E-state index is -3.67. The van der Waals surface area contributed by atoms with Crippen LogP contribution in [0.5, 0.6) is 0 Å². The van der Waals surface area contributed by atoms with Crippen LogP contribution in [0.25, 0.3) is 0 Å². The van der Waals surface area contributed by atoms with E-state index in [4.69, 9.17) is 0 Å². The van der Waals surface area contributed by atoms with Gasteiger partial charge in [-0.3, -0.25) is 0 Å². The first kappa shape index (κ1) is 15.9. The van der Waals surface area contributed by atoms with Crippen molar-refractivity contribution in [1.29, 1.82) is 0 Å². The van der Waals surface area contributed by atoms with Gasteiger partial charge in [0.25, 0.3) is 10.0 Å². The van der Waals surface area contributed by atoms with E-state index in [0.29, 0.717) is 12.2 Å². The number of hydrogen-bond donors (Lipinski definition) is 2. The van der Waals surface area contributed by atoms with Gasteiger partial charge in [-0.2, -0.15) is 0 Å². The Labute approximate surface area is 129 Å². The second kappa shape index (κ2) is 6.55. The second-order valence-corrected chi connectivity index (χ2v) is 7.63. The van der Waals surface area contributed by atoms with Gasteiger partial charge in [-0.05, 0) is 45.0 Å². The van der Waals surface area contributed by atoms with E-state index in [0.717, 1.165) is 9.75 Å². The SMILES string of the molecule is CCNc1cccnc1S(=O)(=O)NC(C)c1ccc(C)s1. The van der Waals surface area contributed by atoms with Gasteiger partial charge < -0.3 is 5.32 Å². The largest absolute Gasteiger partial charge is 0.383 e. The molecule has 0 aliphatic rings. The Morgan fingerprint density at radius 3 is 2.71 bits per heavy atom. The highest BCUT2D eigenvalue weighted by Crippen LogP contribution is 2.25. The normalized spacial score (nSPS) is 13.1. The molecule has 0 aromatic carbocycles. The monoisotopic (exact) mass is 325 g/mol. The Morgan fingerprint density at radius 2 is 2.10 bits per heavy atom. The number of rotatable bonds is 6. The molecule has 0 bridgehead atoms. The number of anilines is 1. The van der Waals surface area contributed by atoms with Crippen molar-refractivity contribution in [3.63, 3.8) is 0 Å². The van der Waals surface area contributed by atoms with Gasteiger partial charge in [-0.15, -0.1) is 11.3 Å². The van der Waals surface area contributed by atoms with E-state index < -0.39 is 10.0 Å². The lowest BCUT2D eigenvalue weighted by molar-refractivity contribution is 0.565. The Kier molecular flexibility index (Phi) is 4.97. The molecule has 2 heterocycles. The first-order valence-electron chi connectivity index (χ1n) is 6.71. The van der Waals surface area contributed by atoms with Crippen LogP contribution in [0.2, 0.25) is 0 Å². The molecule has 7 heteroatoms. The van der Waals surface area contributed by atoms with Crippen LogP contribution in [0.4, 0.5) is 5.69 Å². The molecule has 2 aromatic rings. The molecule has 0 amide bonds. The van der Waals surface area contributed by atoms with Crippen LogP contribution in [0.15, 0.2) is 35.5 Å². The molecule has 2 aromatic heterocycles. The minimum absolute atomic E-state index is 0.0342. The van der Waals surface area contributed by atoms with Crippen molar-refractivity contribution in [2.75, 3.05) is 11.9 Å². The highest BCUT2D eigenvalue weighted by atomic mass is 32.2. The van der Waals surface area contributed by atoms with Crippen molar-refractivity contribution < 1.29 is 8.42 Å². The molecule has 1 atom stereocenters. The Bertz CT molecular complexity index is 711. The number of sulfonamides is 1. The summed E-state index contributed by atoms with van der Waals surface area (Å²) in [6.07, 6.45) is 1.48. The molecule has 0 spiro atoms. The third-order valence-corrected chi connectivity index (χ3v) is 5.59. The molecule has 0 saturated carbocycles. The average molecular weight is 325 g/mol. The van der Waals surface area contributed by atoms with Crippen LogP contribution in [-0.2, 0) is 10.0 Å². The zero-order valence-corrected chi connectivity index (χ0v) is 13.9. The molecule has 1 unspecified atom stereocenters. The Balaban J connectivity index is 2.26. The molecule has 0 radical (unpaired) electrons. The van der Waals surface area contributed by atoms with Crippen molar-refractivity contribution in [3.05, 3.63) is 40.2 Å². The summed E-state index contributed by atoms with van der Waals surface area (Å²) in [7, 11) is -3.67. The molecule has 21 heavy (non-hydrogen) atoms. The van der Waals surface area contributed by atoms with Gasteiger partial charge in [0.05, 0.1) is 11.7 Å². The van der Waals surface area contributed by atoms with Crippen LogP contribution in [-0.4, -0.2) is 19.9 Å². The van der Waals surface area contributed by atoms with Gasteiger partial charge in [0.2, 0.25) is 0 Å². The highest BCUT2D eigenvalue weighted by molar-refractivity contribution is 7.89. The predicted octanol–water partition coefficient (Wildman–Crippen LogP) is 2.92. The molecule has 0 saturated heterocycles. The molecule has 0 aliphatic heterocycles. The van der Waals surface area contributed by atoms with Gasteiger partial charge >= 0.3 is 0 Å². The summed E-state index contributed by atoms with van der Waals surface area (Å²) in [5.41, 5.74) is 0.516.